The SMILES string of the molecule is CCNC(=O)c1ncc(Cl)c(Cl)c1Cl. The van der Waals surface area contributed by atoms with Crippen molar-refractivity contribution in [3.63, 3.8) is 0 Å². The van der Waals surface area contributed by atoms with Gasteiger partial charge in [-0.25, -0.2) is 4.98 Å². The first-order chi connectivity index (χ1) is 6.57. The van der Waals surface area contributed by atoms with Crippen molar-refractivity contribution in [3.05, 3.63) is 27.0 Å². The second kappa shape index (κ2) is 4.82. The third-order valence-electron chi connectivity index (χ3n) is 1.47. The van der Waals surface area contributed by atoms with Gasteiger partial charge in [0.25, 0.3) is 5.91 Å². The minimum atomic E-state index is -0.365. The lowest BCUT2D eigenvalue weighted by molar-refractivity contribution is 0.0951. The van der Waals surface area contributed by atoms with Crippen LogP contribution in [0.1, 0.15) is 17.4 Å². The van der Waals surface area contributed by atoms with E-state index in [1.165, 1.54) is 6.20 Å². The van der Waals surface area contributed by atoms with Crippen molar-refractivity contribution in [2.24, 2.45) is 0 Å². The zero-order chi connectivity index (χ0) is 10.7. The Morgan fingerprint density at radius 1 is 1.43 bits per heavy atom. The number of nitrogens with one attached hydrogen (secondary N) is 1. The largest absolute Gasteiger partial charge is 0.351 e. The lowest BCUT2D eigenvalue weighted by atomic mass is 10.3. The molecule has 14 heavy (non-hydrogen) atoms. The number of amides is 1. The highest BCUT2D eigenvalue weighted by Crippen LogP contribution is 2.30. The Morgan fingerprint density at radius 2 is 2.07 bits per heavy atom. The van der Waals surface area contributed by atoms with Crippen LogP contribution < -0.4 is 5.32 Å². The minimum absolute atomic E-state index is 0.0742. The number of carbonyl (C=O) groups excluding carboxylic acids is 1. The molecule has 76 valence electrons. The summed E-state index contributed by atoms with van der Waals surface area (Å²) in [4.78, 5) is 15.2. The summed E-state index contributed by atoms with van der Waals surface area (Å²) < 4.78 is 0. The van der Waals surface area contributed by atoms with Gasteiger partial charge in [0.15, 0.2) is 0 Å². The van der Waals surface area contributed by atoms with Gasteiger partial charge in [0.1, 0.15) is 5.69 Å². The zero-order valence-electron chi connectivity index (χ0n) is 7.27. The molecule has 0 bridgehead atoms. The van der Waals surface area contributed by atoms with Crippen LogP contribution in [0.5, 0.6) is 0 Å². The second-order valence-electron chi connectivity index (χ2n) is 2.44. The first kappa shape index (κ1) is 11.6. The molecule has 0 saturated carbocycles. The molecule has 0 fully saturated rings. The fourth-order valence-corrected chi connectivity index (χ4v) is 1.41. The topological polar surface area (TPSA) is 42.0 Å². The van der Waals surface area contributed by atoms with E-state index in [0.29, 0.717) is 6.54 Å². The average molecular weight is 254 g/mol. The summed E-state index contributed by atoms with van der Waals surface area (Å²) >= 11 is 17.2. The fraction of sp³-hybridized carbons (Fsp3) is 0.250. The Kier molecular flexibility index (Phi) is 3.98. The van der Waals surface area contributed by atoms with Gasteiger partial charge in [-0.05, 0) is 6.92 Å². The first-order valence-corrected chi connectivity index (χ1v) is 4.99. The van der Waals surface area contributed by atoms with E-state index in [1.54, 1.807) is 6.92 Å². The lowest BCUT2D eigenvalue weighted by Gasteiger charge is -2.05. The van der Waals surface area contributed by atoms with Gasteiger partial charge in [0.2, 0.25) is 0 Å². The van der Waals surface area contributed by atoms with Crippen LogP contribution in [-0.4, -0.2) is 17.4 Å². The molecule has 0 atom stereocenters. The molecule has 1 aromatic heterocycles. The molecule has 0 radical (unpaired) electrons. The van der Waals surface area contributed by atoms with Gasteiger partial charge in [-0.1, -0.05) is 34.8 Å². The Balaban J connectivity index is 3.11. The highest BCUT2D eigenvalue weighted by atomic mass is 35.5. The van der Waals surface area contributed by atoms with Crippen molar-refractivity contribution < 1.29 is 4.79 Å². The number of rotatable bonds is 2. The number of carbonyl (C=O) groups is 1. The third-order valence-corrected chi connectivity index (χ3v) is 2.71. The molecule has 0 saturated heterocycles. The summed E-state index contributed by atoms with van der Waals surface area (Å²) in [5.41, 5.74) is 0.0860. The maximum atomic E-state index is 11.4. The number of nitrogens with zero attached hydrogens (tertiary/aromatic N) is 1. The second-order valence-corrected chi connectivity index (χ2v) is 3.61. The maximum Gasteiger partial charge on any atom is 0.271 e. The molecule has 0 aliphatic carbocycles. The third kappa shape index (κ3) is 2.29. The Bertz CT molecular complexity index is 368. The number of pyridine rings is 1. The van der Waals surface area contributed by atoms with Crippen molar-refractivity contribution in [1.82, 2.24) is 10.3 Å². The average Bonchev–Trinajstić information content (AvgIpc) is 2.15. The van der Waals surface area contributed by atoms with Gasteiger partial charge in [0.05, 0.1) is 15.1 Å². The van der Waals surface area contributed by atoms with Gasteiger partial charge in [-0.15, -0.1) is 0 Å². The van der Waals surface area contributed by atoms with Crippen LogP contribution in [0, 0.1) is 0 Å². The van der Waals surface area contributed by atoms with Crippen LogP contribution in [-0.2, 0) is 0 Å². The van der Waals surface area contributed by atoms with Gasteiger partial charge in [0, 0.05) is 12.7 Å². The molecule has 1 rings (SSSR count). The summed E-state index contributed by atoms with van der Waals surface area (Å²) in [7, 11) is 0. The van der Waals surface area contributed by atoms with E-state index in [4.69, 9.17) is 34.8 Å². The summed E-state index contributed by atoms with van der Waals surface area (Å²) in [6.07, 6.45) is 1.29. The summed E-state index contributed by atoms with van der Waals surface area (Å²) in [6, 6.07) is 0. The zero-order valence-corrected chi connectivity index (χ0v) is 9.54. The predicted octanol–water partition coefficient (Wildman–Crippen LogP) is 2.79. The van der Waals surface area contributed by atoms with E-state index in [1.807, 2.05) is 0 Å². The molecule has 1 N–H and O–H groups in total. The van der Waals surface area contributed by atoms with Crippen molar-refractivity contribution in [3.8, 4) is 0 Å². The molecule has 1 aromatic rings. The first-order valence-electron chi connectivity index (χ1n) is 3.85. The Morgan fingerprint density at radius 3 is 2.64 bits per heavy atom. The normalized spacial score (nSPS) is 10.0. The van der Waals surface area contributed by atoms with Crippen LogP contribution in [0.2, 0.25) is 15.1 Å². The maximum absolute atomic E-state index is 11.4. The van der Waals surface area contributed by atoms with Crippen molar-refractivity contribution >= 4 is 40.7 Å². The van der Waals surface area contributed by atoms with E-state index in [0.717, 1.165) is 0 Å². The summed E-state index contributed by atoms with van der Waals surface area (Å²) in [6.45, 7) is 2.29. The van der Waals surface area contributed by atoms with Gasteiger partial charge < -0.3 is 5.32 Å². The molecular weight excluding hydrogens is 246 g/mol. The van der Waals surface area contributed by atoms with Crippen LogP contribution in [0.4, 0.5) is 0 Å². The number of halogens is 3. The summed E-state index contributed by atoms with van der Waals surface area (Å²) in [5, 5.41) is 3.01. The molecule has 0 aliphatic heterocycles. The predicted molar refractivity (Wildman–Crippen MR) is 57.3 cm³/mol. The highest BCUT2D eigenvalue weighted by molar-refractivity contribution is 6.48. The molecule has 0 unspecified atom stereocenters. The lowest BCUT2D eigenvalue weighted by Crippen LogP contribution is -2.24. The standard InChI is InChI=1S/C8H7Cl3N2O/c1-2-12-8(14)7-6(11)5(10)4(9)3-13-7/h3H,2H2,1H3,(H,12,14). The highest BCUT2D eigenvalue weighted by Gasteiger charge is 2.15. The van der Waals surface area contributed by atoms with Crippen LogP contribution in [0.3, 0.4) is 0 Å². The molecular formula is C8H7Cl3N2O. The van der Waals surface area contributed by atoms with Crippen LogP contribution in [0.25, 0.3) is 0 Å². The van der Waals surface area contributed by atoms with E-state index in [2.05, 4.69) is 10.3 Å². The number of hydrogen-bond donors (Lipinski definition) is 1. The van der Waals surface area contributed by atoms with E-state index in [9.17, 15) is 4.79 Å². The van der Waals surface area contributed by atoms with Crippen molar-refractivity contribution in [1.29, 1.82) is 0 Å². The quantitative estimate of drug-likeness (QED) is 0.880. The van der Waals surface area contributed by atoms with E-state index >= 15 is 0 Å². The molecule has 3 nitrogen and oxygen atoms in total. The van der Waals surface area contributed by atoms with Crippen LogP contribution >= 0.6 is 34.8 Å². The summed E-state index contributed by atoms with van der Waals surface area (Å²) in [5.74, 6) is -0.365. The van der Waals surface area contributed by atoms with Crippen molar-refractivity contribution in [2.45, 2.75) is 6.92 Å². The Labute approximate surface area is 96.4 Å². The smallest absolute Gasteiger partial charge is 0.271 e. The monoisotopic (exact) mass is 252 g/mol. The van der Waals surface area contributed by atoms with Crippen molar-refractivity contribution in [2.75, 3.05) is 6.54 Å². The molecule has 6 heteroatoms. The van der Waals surface area contributed by atoms with Gasteiger partial charge >= 0.3 is 0 Å². The molecule has 1 heterocycles. The van der Waals surface area contributed by atoms with Gasteiger partial charge in [-0.2, -0.15) is 0 Å². The van der Waals surface area contributed by atoms with E-state index < -0.39 is 0 Å². The molecule has 0 aliphatic rings. The minimum Gasteiger partial charge on any atom is -0.351 e. The number of aromatic nitrogens is 1. The fourth-order valence-electron chi connectivity index (χ4n) is 0.846. The van der Waals surface area contributed by atoms with Crippen LogP contribution in [0.15, 0.2) is 6.20 Å². The number of hydrogen-bond acceptors (Lipinski definition) is 2. The van der Waals surface area contributed by atoms with Gasteiger partial charge in [-0.3, -0.25) is 4.79 Å². The molecule has 1 amide bonds. The molecule has 0 spiro atoms. The van der Waals surface area contributed by atoms with E-state index in [-0.39, 0.29) is 26.7 Å². The molecule has 0 aromatic carbocycles. The Hall–Kier alpha value is -0.510.